The van der Waals surface area contributed by atoms with Gasteiger partial charge in [-0.05, 0) is 199 Å². The number of benzene rings is 5. The number of nitro benzene ring substituents is 1. The maximum atomic E-state index is 14.8. The lowest BCUT2D eigenvalue weighted by Gasteiger charge is -2.58. The molecule has 544 valence electrons. The number of anilines is 1. The van der Waals surface area contributed by atoms with Crippen LogP contribution in [0.4, 0.5) is 16.2 Å². The Balaban J connectivity index is 0.753. The number of allylic oxidation sites excluding steroid dienone is 5. The fourth-order valence-corrected chi connectivity index (χ4v) is 17.4. The summed E-state index contributed by atoms with van der Waals surface area (Å²) in [5, 5.41) is 30.1. The van der Waals surface area contributed by atoms with E-state index in [2.05, 4.69) is 96.7 Å². The zero-order valence-electron chi connectivity index (χ0n) is 60.4. The second-order valence-corrected chi connectivity index (χ2v) is 29.9. The highest BCUT2D eigenvalue weighted by Gasteiger charge is 2.59. The fourth-order valence-electron chi connectivity index (χ4n) is 17.4. The van der Waals surface area contributed by atoms with E-state index in [9.17, 15) is 39.0 Å². The van der Waals surface area contributed by atoms with E-state index in [1.807, 2.05) is 60.7 Å². The predicted molar refractivity (Wildman–Crippen MR) is 395 cm³/mol. The molecule has 0 aliphatic heterocycles. The number of amides is 4. The minimum Gasteiger partial charge on any atom is -0.497 e. The Morgan fingerprint density at radius 1 is 0.686 bits per heavy atom. The van der Waals surface area contributed by atoms with Crippen LogP contribution in [-0.4, -0.2) is 79.7 Å². The predicted octanol–water partition coefficient (Wildman–Crippen LogP) is 16.2. The molecule has 5 aliphatic carbocycles. The Bertz CT molecular complexity index is 3710. The number of hydrogen-bond donors (Lipinski definition) is 5. The summed E-state index contributed by atoms with van der Waals surface area (Å²) in [6, 6.07) is 38.1. The molecule has 0 spiro atoms. The van der Waals surface area contributed by atoms with E-state index in [0.29, 0.717) is 91.2 Å². The van der Waals surface area contributed by atoms with Gasteiger partial charge in [0.2, 0.25) is 23.6 Å². The first-order valence-electron chi connectivity index (χ1n) is 37.2. The smallest absolute Gasteiger partial charge is 0.497 e. The molecule has 5 N–H and O–H groups in total. The summed E-state index contributed by atoms with van der Waals surface area (Å²) in [6.45, 7) is 13.7. The van der Waals surface area contributed by atoms with E-state index in [4.69, 9.17) is 18.9 Å². The molecule has 19 heteroatoms. The van der Waals surface area contributed by atoms with Gasteiger partial charge in [0.1, 0.15) is 30.2 Å². The van der Waals surface area contributed by atoms with Crippen LogP contribution < -0.4 is 31.3 Å². The number of non-ortho nitro benzene ring substituents is 1. The molecule has 5 aliphatic rings. The number of methoxy groups -OCH3 is 1. The van der Waals surface area contributed by atoms with Gasteiger partial charge in [0.05, 0.1) is 29.4 Å². The maximum absolute atomic E-state index is 14.8. The number of nitroso groups, excluding NO2 is 1. The number of rotatable bonds is 35. The quantitative estimate of drug-likeness (QED) is 0.00482. The second-order valence-electron chi connectivity index (χ2n) is 29.9. The lowest BCUT2D eigenvalue weighted by Crippen LogP contribution is -2.53. The minimum absolute atomic E-state index is 0.0893. The third kappa shape index (κ3) is 19.3. The van der Waals surface area contributed by atoms with Gasteiger partial charge in [0, 0.05) is 63.1 Å². The fraction of sp³-hybridized carbons (Fsp3) is 0.506. The molecule has 3 saturated carbocycles. The van der Waals surface area contributed by atoms with Gasteiger partial charge in [-0.1, -0.05) is 163 Å². The van der Waals surface area contributed by atoms with Crippen LogP contribution in [-0.2, 0) is 52.0 Å². The van der Waals surface area contributed by atoms with Crippen molar-refractivity contribution in [3.8, 4) is 5.75 Å². The number of nitrogens with one attached hydrogen (secondary N) is 5. The zero-order valence-corrected chi connectivity index (χ0v) is 60.4. The molecular formula is C83H105N7O12. The number of ether oxygens (including phenoxy) is 4. The average Bonchev–Trinajstić information content (AvgIpc) is 1.37. The van der Waals surface area contributed by atoms with E-state index < -0.39 is 46.4 Å². The van der Waals surface area contributed by atoms with Crippen LogP contribution in [0.5, 0.6) is 5.75 Å². The van der Waals surface area contributed by atoms with Crippen molar-refractivity contribution in [2.45, 2.75) is 193 Å². The maximum Gasteiger partial charge on any atom is 0.513 e. The van der Waals surface area contributed by atoms with E-state index in [1.165, 1.54) is 87.8 Å². The molecule has 10 atom stereocenters. The van der Waals surface area contributed by atoms with Gasteiger partial charge >= 0.3 is 6.16 Å². The number of unbranched alkanes of at least 4 members (excludes halogenated alkanes) is 1. The molecule has 0 saturated heterocycles. The number of nitrogens with zero attached hydrogens (tertiary/aromatic N) is 2. The topological polar surface area (TPSA) is 255 Å². The minimum atomic E-state index is -1.26. The van der Waals surface area contributed by atoms with Crippen molar-refractivity contribution in [3.05, 3.63) is 212 Å². The first-order valence-corrected chi connectivity index (χ1v) is 37.2. The molecule has 10 rings (SSSR count). The Morgan fingerprint density at radius 3 is 2.05 bits per heavy atom. The van der Waals surface area contributed by atoms with Crippen LogP contribution in [0, 0.1) is 61.4 Å². The van der Waals surface area contributed by atoms with Crippen LogP contribution >= 0.6 is 0 Å². The van der Waals surface area contributed by atoms with Gasteiger partial charge in [0.15, 0.2) is 0 Å². The number of hydrogen-bond acceptors (Lipinski definition) is 14. The molecule has 0 radical (unpaired) electrons. The number of fused-ring (bicyclic) bond motifs is 5. The normalized spacial score (nSPS) is 22.3. The zero-order chi connectivity index (χ0) is 72.2. The lowest BCUT2D eigenvalue weighted by atomic mass is 9.47. The summed E-state index contributed by atoms with van der Waals surface area (Å²) in [6.07, 6.45) is 20.6. The lowest BCUT2D eigenvalue weighted by molar-refractivity contribution is -0.384. The van der Waals surface area contributed by atoms with Crippen molar-refractivity contribution >= 4 is 41.2 Å². The molecule has 0 aromatic heterocycles. The molecule has 5 aromatic carbocycles. The number of carbonyl (C=O) groups excluding carboxylic acids is 5. The van der Waals surface area contributed by atoms with E-state index in [0.717, 1.165) is 71.5 Å². The highest BCUT2D eigenvalue weighted by Crippen LogP contribution is 2.67. The summed E-state index contributed by atoms with van der Waals surface area (Å²) in [5.41, 5.74) is 6.14. The Labute approximate surface area is 601 Å². The summed E-state index contributed by atoms with van der Waals surface area (Å²) < 4.78 is 22.7. The molecular weight excluding hydrogens is 1290 g/mol. The van der Waals surface area contributed by atoms with Crippen LogP contribution in [0.1, 0.15) is 184 Å². The van der Waals surface area contributed by atoms with Crippen molar-refractivity contribution < 1.29 is 47.8 Å². The van der Waals surface area contributed by atoms with Gasteiger partial charge in [0.25, 0.3) is 5.69 Å². The summed E-state index contributed by atoms with van der Waals surface area (Å²) >= 11 is 0. The van der Waals surface area contributed by atoms with E-state index in [1.54, 1.807) is 36.9 Å². The van der Waals surface area contributed by atoms with Crippen LogP contribution in [0.3, 0.4) is 0 Å². The Kier molecular flexibility index (Phi) is 26.7. The van der Waals surface area contributed by atoms with Gasteiger partial charge < -0.3 is 40.2 Å². The Morgan fingerprint density at radius 2 is 1.38 bits per heavy atom. The number of nitro groups is 1. The van der Waals surface area contributed by atoms with Crippen LogP contribution in [0.25, 0.3) is 0 Å². The van der Waals surface area contributed by atoms with Crippen molar-refractivity contribution in [3.63, 3.8) is 0 Å². The highest BCUT2D eigenvalue weighted by atomic mass is 16.7. The monoisotopic (exact) mass is 1390 g/mol. The molecule has 0 bridgehead atoms. The molecule has 4 amide bonds. The highest BCUT2D eigenvalue weighted by molar-refractivity contribution is 5.98. The van der Waals surface area contributed by atoms with Crippen molar-refractivity contribution in [1.29, 1.82) is 0 Å². The molecule has 5 aromatic rings. The van der Waals surface area contributed by atoms with E-state index in [-0.39, 0.29) is 55.4 Å². The van der Waals surface area contributed by atoms with Crippen molar-refractivity contribution in [1.82, 2.24) is 21.3 Å². The van der Waals surface area contributed by atoms with Gasteiger partial charge in [-0.25, -0.2) is 4.79 Å². The molecule has 0 heterocycles. The van der Waals surface area contributed by atoms with Crippen molar-refractivity contribution in [2.75, 3.05) is 32.1 Å². The Hall–Kier alpha value is -8.81. The third-order valence-corrected chi connectivity index (χ3v) is 23.0. The van der Waals surface area contributed by atoms with Gasteiger partial charge in [-0.15, -0.1) is 4.91 Å². The molecule has 102 heavy (non-hydrogen) atoms. The molecule has 19 nitrogen and oxygen atoms in total. The first-order chi connectivity index (χ1) is 49.3. The average molecular weight is 1390 g/mol. The van der Waals surface area contributed by atoms with Gasteiger partial charge in [-0.3, -0.25) is 34.6 Å². The summed E-state index contributed by atoms with van der Waals surface area (Å²) in [5.74, 6) is 3.67. The van der Waals surface area contributed by atoms with Crippen LogP contribution in [0.15, 0.2) is 174 Å². The molecule has 0 unspecified atom stereocenters. The van der Waals surface area contributed by atoms with Gasteiger partial charge in [-0.2, -0.15) is 0 Å². The summed E-state index contributed by atoms with van der Waals surface area (Å²) in [4.78, 5) is 91.2. The SMILES string of the molecule is COc1ccc(C(NCCCC[C@H](NC(=O)[C@H](Cc2ccc([N+](=O)[O-])cc2)NC(=O)CCC(=O)NCCCO[C@H]2CC[C@@]3(C)C(=CC[C@H]4[C@@H]5CC[C@H]([C@H](C)CCCC(C)C)[C@@]5(C)CC[C@@H]43)C2)C(=O)Nc2ccc(COC(=O)OC3=CC=C(N=O)CC3)cc2)(c2ccccc2)c2ccccc2)cc1. The third-order valence-electron chi connectivity index (χ3n) is 23.0. The number of carbonyl (C=O) groups is 5. The van der Waals surface area contributed by atoms with E-state index >= 15 is 0 Å². The summed E-state index contributed by atoms with van der Waals surface area (Å²) in [7, 11) is 1.63. The van der Waals surface area contributed by atoms with Crippen LogP contribution in [0.2, 0.25) is 0 Å². The van der Waals surface area contributed by atoms with Crippen molar-refractivity contribution in [2.24, 2.45) is 51.5 Å². The first kappa shape index (κ1) is 75.8. The molecule has 3 fully saturated rings. The standard InChI is InChI=1S/C83H105N7O12/c1-56(2)17-15-18-57(3)71-42-43-72-70-41-30-63-54-69(46-48-81(63,4)73(70)47-49-82(71,72)5)100-52-16-50-84-76(91)44-45-77(92)87-75(53-58-26-35-66(36-27-58)90(97)98)79(94)88-74(78(93)86-64-31-24-59(25-32-64)55-101-80(95)102-68-39-33-65(89-96)34-40-68)23-13-14-51-85-83(60-19-9-7-10-20-60,61-21-11-8-12-22-61)62-28-37-67(99-6)38-29-62/h7-12,19-22,24-33,35-39,56-57,69-75,85H,13-18,23,34,40-55H2,1-6H3,(H,84,91)(H,86,93)(H,87,92)(H,88,94)/t57-,69+,70+,71-,72+,73+,74+,75+,81+,82-/m1/s1. The second kappa shape index (κ2) is 35.9. The largest absolute Gasteiger partial charge is 0.513 e.